The van der Waals surface area contributed by atoms with Crippen molar-refractivity contribution in [2.24, 2.45) is 5.92 Å². The van der Waals surface area contributed by atoms with Crippen LogP contribution < -0.4 is 10.6 Å². The normalized spacial score (nSPS) is 11.7. The van der Waals surface area contributed by atoms with E-state index in [2.05, 4.69) is 15.4 Å². The average Bonchev–Trinajstić information content (AvgIpc) is 2.45. The van der Waals surface area contributed by atoms with Crippen LogP contribution in [0.5, 0.6) is 0 Å². The molecule has 0 radical (unpaired) electrons. The molecule has 1 atom stereocenters. The van der Waals surface area contributed by atoms with Crippen molar-refractivity contribution in [3.63, 3.8) is 0 Å². The standard InChI is InChI=1S/C15H19ClN2O4/c1-8(2)13(17-9(3)19)14(20)18-12-7-10(15(21)22-4)5-6-11(12)16/h5-8,13H,1-4H3,(H,17,19)(H,18,20). The summed E-state index contributed by atoms with van der Waals surface area (Å²) in [6, 6.07) is 3.72. The second kappa shape index (κ2) is 7.79. The first kappa shape index (κ1) is 18.0. The van der Waals surface area contributed by atoms with E-state index in [1.807, 2.05) is 13.8 Å². The summed E-state index contributed by atoms with van der Waals surface area (Å²) in [5.74, 6) is -1.35. The van der Waals surface area contributed by atoms with Crippen LogP contribution in [0.1, 0.15) is 31.1 Å². The number of esters is 1. The summed E-state index contributed by atoms with van der Waals surface area (Å²) in [4.78, 5) is 35.0. The topological polar surface area (TPSA) is 84.5 Å². The number of carbonyl (C=O) groups excluding carboxylic acids is 3. The van der Waals surface area contributed by atoms with Gasteiger partial charge in [-0.1, -0.05) is 25.4 Å². The van der Waals surface area contributed by atoms with E-state index in [9.17, 15) is 14.4 Å². The van der Waals surface area contributed by atoms with E-state index < -0.39 is 17.9 Å². The van der Waals surface area contributed by atoms with Gasteiger partial charge in [-0.25, -0.2) is 4.79 Å². The number of anilines is 1. The molecule has 0 saturated heterocycles. The molecule has 7 heteroatoms. The first-order valence-corrected chi connectivity index (χ1v) is 7.10. The van der Waals surface area contributed by atoms with Crippen LogP contribution in [-0.4, -0.2) is 30.9 Å². The fraction of sp³-hybridized carbons (Fsp3) is 0.400. The van der Waals surface area contributed by atoms with Gasteiger partial charge in [0, 0.05) is 6.92 Å². The molecule has 2 N–H and O–H groups in total. The van der Waals surface area contributed by atoms with Gasteiger partial charge in [-0.05, 0) is 24.1 Å². The molecule has 0 heterocycles. The monoisotopic (exact) mass is 326 g/mol. The Bertz CT molecular complexity index is 587. The van der Waals surface area contributed by atoms with E-state index >= 15 is 0 Å². The van der Waals surface area contributed by atoms with Crippen LogP contribution in [-0.2, 0) is 14.3 Å². The fourth-order valence-electron chi connectivity index (χ4n) is 1.83. The molecule has 120 valence electrons. The van der Waals surface area contributed by atoms with Crippen molar-refractivity contribution in [2.75, 3.05) is 12.4 Å². The third-order valence-electron chi connectivity index (χ3n) is 2.95. The van der Waals surface area contributed by atoms with Gasteiger partial charge < -0.3 is 15.4 Å². The molecule has 0 saturated carbocycles. The Morgan fingerprint density at radius 2 is 1.86 bits per heavy atom. The molecule has 6 nitrogen and oxygen atoms in total. The minimum atomic E-state index is -0.699. The lowest BCUT2D eigenvalue weighted by Gasteiger charge is -2.21. The second-order valence-corrected chi connectivity index (χ2v) is 5.50. The van der Waals surface area contributed by atoms with Crippen LogP contribution in [0.4, 0.5) is 5.69 Å². The first-order chi connectivity index (χ1) is 10.3. The molecular formula is C15H19ClN2O4. The Kier molecular flexibility index (Phi) is 6.37. The van der Waals surface area contributed by atoms with Gasteiger partial charge in [0.1, 0.15) is 6.04 Å². The molecule has 1 aromatic rings. The predicted molar refractivity (Wildman–Crippen MR) is 83.9 cm³/mol. The number of ether oxygens (including phenoxy) is 1. The number of rotatable bonds is 5. The van der Waals surface area contributed by atoms with E-state index in [-0.39, 0.29) is 28.1 Å². The number of methoxy groups -OCH3 is 1. The zero-order valence-corrected chi connectivity index (χ0v) is 13.7. The molecule has 0 bridgehead atoms. The Morgan fingerprint density at radius 3 is 2.36 bits per heavy atom. The Hall–Kier alpha value is -2.08. The molecule has 0 aromatic heterocycles. The highest BCUT2D eigenvalue weighted by Gasteiger charge is 2.24. The van der Waals surface area contributed by atoms with Crippen LogP contribution in [0.15, 0.2) is 18.2 Å². The molecule has 0 aliphatic carbocycles. The maximum Gasteiger partial charge on any atom is 0.337 e. The van der Waals surface area contributed by atoms with E-state index in [0.29, 0.717) is 0 Å². The second-order valence-electron chi connectivity index (χ2n) is 5.10. The van der Waals surface area contributed by atoms with Crippen LogP contribution in [0.3, 0.4) is 0 Å². The number of halogens is 1. The Labute approximate surface area is 134 Å². The number of carbonyl (C=O) groups is 3. The highest BCUT2D eigenvalue weighted by atomic mass is 35.5. The van der Waals surface area contributed by atoms with Crippen molar-refractivity contribution in [2.45, 2.75) is 26.8 Å². The third-order valence-corrected chi connectivity index (χ3v) is 3.28. The summed E-state index contributed by atoms with van der Waals surface area (Å²) >= 11 is 6.02. The van der Waals surface area contributed by atoms with Gasteiger partial charge in [0.05, 0.1) is 23.4 Å². The van der Waals surface area contributed by atoms with Gasteiger partial charge in [0.2, 0.25) is 11.8 Å². The smallest absolute Gasteiger partial charge is 0.337 e. The van der Waals surface area contributed by atoms with E-state index in [0.717, 1.165) is 0 Å². The van der Waals surface area contributed by atoms with Crippen molar-refractivity contribution in [3.05, 3.63) is 28.8 Å². The van der Waals surface area contributed by atoms with Crippen LogP contribution in [0.25, 0.3) is 0 Å². The molecule has 1 unspecified atom stereocenters. The van der Waals surface area contributed by atoms with Crippen LogP contribution >= 0.6 is 11.6 Å². The summed E-state index contributed by atoms with van der Waals surface area (Å²) in [6.07, 6.45) is 0. The molecular weight excluding hydrogens is 308 g/mol. The number of hydrogen-bond acceptors (Lipinski definition) is 4. The average molecular weight is 327 g/mol. The molecule has 22 heavy (non-hydrogen) atoms. The summed E-state index contributed by atoms with van der Waals surface area (Å²) in [5.41, 5.74) is 0.549. The molecule has 0 aliphatic rings. The molecule has 0 spiro atoms. The lowest BCUT2D eigenvalue weighted by Crippen LogP contribution is -2.46. The number of amides is 2. The van der Waals surface area contributed by atoms with Gasteiger partial charge in [0.25, 0.3) is 0 Å². The first-order valence-electron chi connectivity index (χ1n) is 6.72. The number of benzene rings is 1. The van der Waals surface area contributed by atoms with E-state index in [1.165, 1.54) is 32.2 Å². The Morgan fingerprint density at radius 1 is 1.23 bits per heavy atom. The largest absolute Gasteiger partial charge is 0.465 e. The molecule has 1 aromatic carbocycles. The van der Waals surface area contributed by atoms with Crippen molar-refractivity contribution < 1.29 is 19.1 Å². The lowest BCUT2D eigenvalue weighted by atomic mass is 10.0. The predicted octanol–water partition coefficient (Wildman–Crippen LogP) is 2.23. The van der Waals surface area contributed by atoms with Crippen molar-refractivity contribution in [3.8, 4) is 0 Å². The van der Waals surface area contributed by atoms with Crippen molar-refractivity contribution in [1.29, 1.82) is 0 Å². The van der Waals surface area contributed by atoms with Crippen molar-refractivity contribution >= 4 is 35.1 Å². The minimum Gasteiger partial charge on any atom is -0.465 e. The summed E-state index contributed by atoms with van der Waals surface area (Å²) in [6.45, 7) is 4.97. The highest BCUT2D eigenvalue weighted by Crippen LogP contribution is 2.24. The van der Waals surface area contributed by atoms with E-state index in [4.69, 9.17) is 11.6 Å². The van der Waals surface area contributed by atoms with Gasteiger partial charge in [-0.15, -0.1) is 0 Å². The molecule has 2 amide bonds. The summed E-state index contributed by atoms with van der Waals surface area (Å²) in [5, 5.41) is 5.49. The fourth-order valence-corrected chi connectivity index (χ4v) is 2.00. The molecule has 0 fully saturated rings. The van der Waals surface area contributed by atoms with E-state index in [1.54, 1.807) is 0 Å². The van der Waals surface area contributed by atoms with Gasteiger partial charge >= 0.3 is 5.97 Å². The van der Waals surface area contributed by atoms with Gasteiger partial charge in [0.15, 0.2) is 0 Å². The quantitative estimate of drug-likeness (QED) is 0.813. The van der Waals surface area contributed by atoms with Crippen LogP contribution in [0.2, 0.25) is 5.02 Å². The summed E-state index contributed by atoms with van der Waals surface area (Å²) in [7, 11) is 1.26. The maximum absolute atomic E-state index is 12.3. The van der Waals surface area contributed by atoms with Gasteiger partial charge in [-0.2, -0.15) is 0 Å². The van der Waals surface area contributed by atoms with Crippen molar-refractivity contribution in [1.82, 2.24) is 5.32 Å². The maximum atomic E-state index is 12.3. The number of hydrogen-bond donors (Lipinski definition) is 2. The number of nitrogens with one attached hydrogen (secondary N) is 2. The van der Waals surface area contributed by atoms with Crippen LogP contribution in [0, 0.1) is 5.92 Å². The summed E-state index contributed by atoms with van der Waals surface area (Å²) < 4.78 is 4.62. The third kappa shape index (κ3) is 4.73. The zero-order chi connectivity index (χ0) is 16.9. The Balaban J connectivity index is 2.99. The molecule has 0 aliphatic heterocycles. The van der Waals surface area contributed by atoms with Gasteiger partial charge in [-0.3, -0.25) is 9.59 Å². The molecule has 1 rings (SSSR count). The zero-order valence-electron chi connectivity index (χ0n) is 12.9. The minimum absolute atomic E-state index is 0.105. The lowest BCUT2D eigenvalue weighted by molar-refractivity contribution is -0.126. The highest BCUT2D eigenvalue weighted by molar-refractivity contribution is 6.34. The SMILES string of the molecule is COC(=O)c1ccc(Cl)c(NC(=O)C(NC(C)=O)C(C)C)c1.